The van der Waals surface area contributed by atoms with Crippen molar-refractivity contribution in [1.82, 2.24) is 19.8 Å². The van der Waals surface area contributed by atoms with Crippen LogP contribution in [0, 0.1) is 0 Å². The van der Waals surface area contributed by atoms with E-state index in [0.29, 0.717) is 6.42 Å². The maximum Gasteiger partial charge on any atom is 0.222 e. The first-order valence-electron chi connectivity index (χ1n) is 6.68. The Morgan fingerprint density at radius 2 is 2.42 bits per heavy atom. The number of rotatable bonds is 5. The Morgan fingerprint density at radius 3 is 3.11 bits per heavy atom. The summed E-state index contributed by atoms with van der Waals surface area (Å²) in [6, 6.07) is 0.188. The molecule has 1 aromatic heterocycles. The first-order chi connectivity index (χ1) is 9.22. The number of carbonyl (C=O) groups is 1. The third-order valence-electron chi connectivity index (χ3n) is 3.57. The van der Waals surface area contributed by atoms with Crippen molar-refractivity contribution in [3.8, 4) is 0 Å². The van der Waals surface area contributed by atoms with Gasteiger partial charge in [0.25, 0.3) is 0 Å². The number of piperazine rings is 1. The van der Waals surface area contributed by atoms with Crippen LogP contribution < -0.4 is 0 Å². The Labute approximate surface area is 118 Å². The number of nitrogens with zero attached hydrogens (tertiary/aromatic N) is 3. The van der Waals surface area contributed by atoms with Gasteiger partial charge in [0.05, 0.1) is 6.04 Å². The summed E-state index contributed by atoms with van der Waals surface area (Å²) in [6.07, 6.45) is 7.31. The summed E-state index contributed by atoms with van der Waals surface area (Å²) in [5.41, 5.74) is 0. The zero-order valence-electron chi connectivity index (χ0n) is 11.6. The topological polar surface area (TPSA) is 52.2 Å². The maximum atomic E-state index is 12.2. The lowest BCUT2D eigenvalue weighted by Crippen LogP contribution is -2.49. The van der Waals surface area contributed by atoms with Gasteiger partial charge in [0, 0.05) is 38.4 Å². The molecule has 1 N–H and O–H groups in total. The number of aromatic nitrogens is 2. The number of hydrogen-bond acceptors (Lipinski definition) is 4. The molecule has 2 rings (SSSR count). The molecule has 1 aromatic rings. The molecule has 1 aliphatic heterocycles. The molecular formula is C13H22N4OS. The van der Waals surface area contributed by atoms with E-state index in [1.54, 1.807) is 18.0 Å². The van der Waals surface area contributed by atoms with Gasteiger partial charge in [0.2, 0.25) is 5.91 Å². The lowest BCUT2D eigenvalue weighted by molar-refractivity contribution is -0.134. The smallest absolute Gasteiger partial charge is 0.222 e. The second-order valence-electron chi connectivity index (χ2n) is 4.91. The molecule has 6 heteroatoms. The average Bonchev–Trinajstić information content (AvgIpc) is 2.93. The van der Waals surface area contributed by atoms with E-state index in [-0.39, 0.29) is 11.9 Å². The number of thioether (sulfide) groups is 1. The molecule has 1 amide bonds. The van der Waals surface area contributed by atoms with Crippen molar-refractivity contribution >= 4 is 17.7 Å². The molecule has 106 valence electrons. The third-order valence-corrected chi connectivity index (χ3v) is 4.27. The van der Waals surface area contributed by atoms with Crippen molar-refractivity contribution in [1.29, 1.82) is 0 Å². The summed E-state index contributed by atoms with van der Waals surface area (Å²) < 4.78 is 0. The highest BCUT2D eigenvalue weighted by molar-refractivity contribution is 7.98. The van der Waals surface area contributed by atoms with E-state index >= 15 is 0 Å². The summed E-state index contributed by atoms with van der Waals surface area (Å²) in [4.78, 5) is 23.9. The van der Waals surface area contributed by atoms with Crippen molar-refractivity contribution < 1.29 is 4.79 Å². The highest BCUT2D eigenvalue weighted by atomic mass is 32.2. The molecule has 0 saturated carbocycles. The molecule has 0 bridgehead atoms. The zero-order chi connectivity index (χ0) is 13.7. The van der Waals surface area contributed by atoms with Crippen LogP contribution in [-0.4, -0.2) is 64.4 Å². The van der Waals surface area contributed by atoms with E-state index < -0.39 is 0 Å². The van der Waals surface area contributed by atoms with Crippen molar-refractivity contribution in [2.45, 2.75) is 18.9 Å². The van der Waals surface area contributed by atoms with Gasteiger partial charge in [-0.05, 0) is 25.5 Å². The molecule has 1 aliphatic rings. The standard InChI is InChI=1S/C13H22N4OS/c1-16-7-8-17(12(18)4-3-9-19-2)10-11(16)13-14-5-6-15-13/h5-6,11H,3-4,7-10H2,1-2H3,(H,14,15). The molecule has 0 aliphatic carbocycles. The molecule has 1 unspecified atom stereocenters. The van der Waals surface area contributed by atoms with Gasteiger partial charge < -0.3 is 9.88 Å². The second-order valence-corrected chi connectivity index (χ2v) is 5.89. The minimum absolute atomic E-state index is 0.188. The summed E-state index contributed by atoms with van der Waals surface area (Å²) in [7, 11) is 2.09. The van der Waals surface area contributed by atoms with Crippen LogP contribution in [0.5, 0.6) is 0 Å². The second kappa shape index (κ2) is 6.96. The highest BCUT2D eigenvalue weighted by Crippen LogP contribution is 2.21. The quantitative estimate of drug-likeness (QED) is 0.829. The van der Waals surface area contributed by atoms with Gasteiger partial charge >= 0.3 is 0 Å². The predicted molar refractivity (Wildman–Crippen MR) is 78.2 cm³/mol. The summed E-state index contributed by atoms with van der Waals surface area (Å²) >= 11 is 1.80. The molecule has 1 saturated heterocycles. The van der Waals surface area contributed by atoms with Crippen molar-refractivity contribution in [3.05, 3.63) is 18.2 Å². The van der Waals surface area contributed by atoms with Gasteiger partial charge in [-0.1, -0.05) is 0 Å². The molecule has 2 heterocycles. The first kappa shape index (κ1) is 14.4. The van der Waals surface area contributed by atoms with Gasteiger partial charge in [-0.15, -0.1) is 0 Å². The fourth-order valence-corrected chi connectivity index (χ4v) is 2.81. The molecule has 0 spiro atoms. The fraction of sp³-hybridized carbons (Fsp3) is 0.692. The van der Waals surface area contributed by atoms with Crippen LogP contribution >= 0.6 is 11.8 Å². The van der Waals surface area contributed by atoms with Crippen LogP contribution in [-0.2, 0) is 4.79 Å². The van der Waals surface area contributed by atoms with Crippen LogP contribution in [0.1, 0.15) is 24.7 Å². The maximum absolute atomic E-state index is 12.2. The Balaban J connectivity index is 1.91. The number of H-pyrrole nitrogens is 1. The predicted octanol–water partition coefficient (Wildman–Crippen LogP) is 1.37. The minimum atomic E-state index is 0.188. The fourth-order valence-electron chi connectivity index (χ4n) is 2.38. The number of hydrogen-bond donors (Lipinski definition) is 1. The van der Waals surface area contributed by atoms with E-state index in [0.717, 1.165) is 37.6 Å². The van der Waals surface area contributed by atoms with Gasteiger partial charge in [-0.25, -0.2) is 4.98 Å². The number of aromatic amines is 1. The Morgan fingerprint density at radius 1 is 1.58 bits per heavy atom. The van der Waals surface area contributed by atoms with E-state index in [9.17, 15) is 4.79 Å². The van der Waals surface area contributed by atoms with Crippen LogP contribution in [0.3, 0.4) is 0 Å². The number of nitrogens with one attached hydrogen (secondary N) is 1. The molecule has 5 nitrogen and oxygen atoms in total. The summed E-state index contributed by atoms with van der Waals surface area (Å²) in [6.45, 7) is 2.47. The minimum Gasteiger partial charge on any atom is -0.347 e. The van der Waals surface area contributed by atoms with E-state index in [2.05, 4.69) is 28.2 Å². The number of likely N-dealkylation sites (N-methyl/N-ethyl adjacent to an activating group) is 1. The van der Waals surface area contributed by atoms with Crippen molar-refractivity contribution in [2.75, 3.05) is 38.7 Å². The zero-order valence-corrected chi connectivity index (χ0v) is 12.4. The van der Waals surface area contributed by atoms with Crippen LogP contribution in [0.25, 0.3) is 0 Å². The average molecular weight is 282 g/mol. The lowest BCUT2D eigenvalue weighted by Gasteiger charge is -2.38. The molecule has 1 atom stereocenters. The Kier molecular flexibility index (Phi) is 5.27. The summed E-state index contributed by atoms with van der Waals surface area (Å²) in [5, 5.41) is 0. The molecule has 1 fully saturated rings. The van der Waals surface area contributed by atoms with E-state index in [1.165, 1.54) is 0 Å². The van der Waals surface area contributed by atoms with Crippen LogP contribution in [0.15, 0.2) is 12.4 Å². The number of imidazole rings is 1. The lowest BCUT2D eigenvalue weighted by atomic mass is 10.1. The number of amides is 1. The highest BCUT2D eigenvalue weighted by Gasteiger charge is 2.29. The normalized spacial score (nSPS) is 20.7. The molecular weight excluding hydrogens is 260 g/mol. The Hall–Kier alpha value is -1.01. The van der Waals surface area contributed by atoms with Gasteiger partial charge in [-0.2, -0.15) is 11.8 Å². The van der Waals surface area contributed by atoms with Crippen LogP contribution in [0.4, 0.5) is 0 Å². The number of carbonyl (C=O) groups excluding carboxylic acids is 1. The summed E-state index contributed by atoms with van der Waals surface area (Å²) in [5.74, 6) is 2.28. The monoisotopic (exact) mass is 282 g/mol. The van der Waals surface area contributed by atoms with Crippen molar-refractivity contribution in [3.63, 3.8) is 0 Å². The first-order valence-corrected chi connectivity index (χ1v) is 8.08. The van der Waals surface area contributed by atoms with Gasteiger partial charge in [0.1, 0.15) is 5.82 Å². The third kappa shape index (κ3) is 3.73. The van der Waals surface area contributed by atoms with Crippen LogP contribution in [0.2, 0.25) is 0 Å². The molecule has 0 radical (unpaired) electrons. The van der Waals surface area contributed by atoms with Gasteiger partial charge in [0.15, 0.2) is 0 Å². The largest absolute Gasteiger partial charge is 0.347 e. The SMILES string of the molecule is CSCCCC(=O)N1CCN(C)C(c2ncc[nH]2)C1. The molecule has 0 aromatic carbocycles. The molecule has 19 heavy (non-hydrogen) atoms. The van der Waals surface area contributed by atoms with E-state index in [4.69, 9.17) is 0 Å². The Bertz CT molecular complexity index is 395. The van der Waals surface area contributed by atoms with Crippen molar-refractivity contribution in [2.24, 2.45) is 0 Å². The van der Waals surface area contributed by atoms with E-state index in [1.807, 2.05) is 11.1 Å². The van der Waals surface area contributed by atoms with Gasteiger partial charge in [-0.3, -0.25) is 9.69 Å².